The third kappa shape index (κ3) is 4.11. The highest BCUT2D eigenvalue weighted by Crippen LogP contribution is 2.26. The van der Waals surface area contributed by atoms with Crippen LogP contribution in [-0.2, 0) is 12.2 Å². The predicted molar refractivity (Wildman–Crippen MR) is 106 cm³/mol. The fraction of sp³-hybridized carbons (Fsp3) is 0.190. The highest BCUT2D eigenvalue weighted by atomic mass is 32.2. The van der Waals surface area contributed by atoms with E-state index in [2.05, 4.69) is 63.9 Å². The molecule has 2 aromatic carbocycles. The molecule has 0 amide bonds. The molecule has 0 fully saturated rings. The first-order valence-electron chi connectivity index (χ1n) is 8.78. The summed E-state index contributed by atoms with van der Waals surface area (Å²) in [5.41, 5.74) is 4.75. The topological polar surface area (TPSA) is 56.7 Å². The largest absolute Gasteiger partial charge is 0.338 e. The van der Waals surface area contributed by atoms with Gasteiger partial charge in [-0.05, 0) is 36.6 Å². The summed E-state index contributed by atoms with van der Waals surface area (Å²) in [6, 6.07) is 16.6. The van der Waals surface area contributed by atoms with Gasteiger partial charge in [0.05, 0.1) is 11.4 Å². The summed E-state index contributed by atoms with van der Waals surface area (Å²) in [5, 5.41) is 5.00. The Balaban J connectivity index is 1.46. The molecule has 0 aliphatic heterocycles. The van der Waals surface area contributed by atoms with Crippen molar-refractivity contribution in [2.45, 2.75) is 31.2 Å². The maximum absolute atomic E-state index is 5.40. The van der Waals surface area contributed by atoms with Crippen molar-refractivity contribution >= 4 is 11.8 Å². The van der Waals surface area contributed by atoms with Crippen LogP contribution >= 0.6 is 11.8 Å². The molecule has 0 bridgehead atoms. The number of thioether (sulfide) groups is 1. The maximum atomic E-state index is 5.40. The van der Waals surface area contributed by atoms with Gasteiger partial charge in [-0.1, -0.05) is 59.4 Å². The first-order valence-corrected chi connectivity index (χ1v) is 9.77. The Morgan fingerprint density at radius 2 is 1.93 bits per heavy atom. The van der Waals surface area contributed by atoms with Gasteiger partial charge in [-0.2, -0.15) is 4.98 Å². The molecule has 0 saturated carbocycles. The zero-order valence-corrected chi connectivity index (χ0v) is 16.1. The van der Waals surface area contributed by atoms with Crippen molar-refractivity contribution in [3.05, 3.63) is 89.3 Å². The standard InChI is InChI=1S/C21H20N4OS/c1-15-8-9-16(2)18(12-15)25-11-10-22-21(25)27-14-20-23-19(24-26-20)13-17-6-4-3-5-7-17/h3-12H,13-14H2,1-2H3. The molecule has 0 atom stereocenters. The summed E-state index contributed by atoms with van der Waals surface area (Å²) in [5.74, 6) is 1.90. The highest BCUT2D eigenvalue weighted by molar-refractivity contribution is 7.98. The van der Waals surface area contributed by atoms with Crippen molar-refractivity contribution < 1.29 is 4.52 Å². The maximum Gasteiger partial charge on any atom is 0.237 e. The predicted octanol–water partition coefficient (Wildman–Crippen LogP) is 4.76. The minimum absolute atomic E-state index is 0.587. The number of hydrogen-bond donors (Lipinski definition) is 0. The second kappa shape index (κ2) is 7.80. The molecule has 5 nitrogen and oxygen atoms in total. The lowest BCUT2D eigenvalue weighted by Crippen LogP contribution is -1.99. The van der Waals surface area contributed by atoms with Crippen LogP contribution in [0.25, 0.3) is 5.69 Å². The lowest BCUT2D eigenvalue weighted by molar-refractivity contribution is 0.385. The van der Waals surface area contributed by atoms with E-state index in [9.17, 15) is 0 Å². The van der Waals surface area contributed by atoms with Crippen LogP contribution in [0.1, 0.15) is 28.4 Å². The second-order valence-corrected chi connectivity index (χ2v) is 7.37. The number of rotatable bonds is 6. The third-order valence-corrected chi connectivity index (χ3v) is 5.22. The molecule has 4 aromatic rings. The molecule has 0 spiro atoms. The Hall–Kier alpha value is -2.86. The molecule has 0 aliphatic rings. The van der Waals surface area contributed by atoms with Crippen LogP contribution in [-0.4, -0.2) is 19.7 Å². The van der Waals surface area contributed by atoms with Gasteiger partial charge in [-0.3, -0.25) is 4.57 Å². The van der Waals surface area contributed by atoms with Gasteiger partial charge in [0.1, 0.15) is 0 Å². The monoisotopic (exact) mass is 376 g/mol. The molecule has 2 heterocycles. The highest BCUT2D eigenvalue weighted by Gasteiger charge is 2.12. The van der Waals surface area contributed by atoms with E-state index in [1.807, 2.05) is 30.6 Å². The summed E-state index contributed by atoms with van der Waals surface area (Å²) in [4.78, 5) is 8.99. The number of imidazole rings is 1. The van der Waals surface area contributed by atoms with Gasteiger partial charge < -0.3 is 4.52 Å². The zero-order valence-electron chi connectivity index (χ0n) is 15.3. The third-order valence-electron chi connectivity index (χ3n) is 4.27. The van der Waals surface area contributed by atoms with E-state index in [1.54, 1.807) is 11.8 Å². The molecule has 4 rings (SSSR count). The van der Waals surface area contributed by atoms with Gasteiger partial charge in [0.25, 0.3) is 0 Å². The van der Waals surface area contributed by atoms with E-state index in [4.69, 9.17) is 4.52 Å². The lowest BCUT2D eigenvalue weighted by atomic mass is 10.1. The first kappa shape index (κ1) is 17.5. The SMILES string of the molecule is Cc1ccc(C)c(-n2ccnc2SCc2nc(Cc3ccccc3)no2)c1. The van der Waals surface area contributed by atoms with Crippen LogP contribution in [0.4, 0.5) is 0 Å². The molecule has 0 aliphatic carbocycles. The first-order chi connectivity index (χ1) is 13.2. The lowest BCUT2D eigenvalue weighted by Gasteiger charge is -2.10. The van der Waals surface area contributed by atoms with Gasteiger partial charge in [-0.25, -0.2) is 4.98 Å². The number of aromatic nitrogens is 4. The van der Waals surface area contributed by atoms with E-state index in [-0.39, 0.29) is 0 Å². The minimum Gasteiger partial charge on any atom is -0.338 e. The van der Waals surface area contributed by atoms with Gasteiger partial charge in [-0.15, -0.1) is 0 Å². The van der Waals surface area contributed by atoms with Crippen molar-refractivity contribution in [1.82, 2.24) is 19.7 Å². The van der Waals surface area contributed by atoms with Crippen molar-refractivity contribution in [3.8, 4) is 5.69 Å². The molecule has 2 aromatic heterocycles. The Kier molecular flexibility index (Phi) is 5.07. The van der Waals surface area contributed by atoms with Crippen molar-refractivity contribution in [3.63, 3.8) is 0 Å². The minimum atomic E-state index is 0.587. The molecular weight excluding hydrogens is 356 g/mol. The van der Waals surface area contributed by atoms with Crippen LogP contribution in [0.15, 0.2) is 70.6 Å². The van der Waals surface area contributed by atoms with Crippen LogP contribution < -0.4 is 0 Å². The van der Waals surface area contributed by atoms with Crippen LogP contribution in [0, 0.1) is 13.8 Å². The van der Waals surface area contributed by atoms with Crippen molar-refractivity contribution in [2.75, 3.05) is 0 Å². The molecule has 6 heteroatoms. The van der Waals surface area contributed by atoms with Crippen molar-refractivity contribution in [1.29, 1.82) is 0 Å². The van der Waals surface area contributed by atoms with E-state index in [0.29, 0.717) is 23.9 Å². The number of benzene rings is 2. The van der Waals surface area contributed by atoms with E-state index >= 15 is 0 Å². The second-order valence-electron chi connectivity index (χ2n) is 6.43. The Bertz CT molecular complexity index is 1040. The van der Waals surface area contributed by atoms with Crippen LogP contribution in [0.2, 0.25) is 0 Å². The van der Waals surface area contributed by atoms with Crippen LogP contribution in [0.3, 0.4) is 0 Å². The van der Waals surface area contributed by atoms with Gasteiger partial charge >= 0.3 is 0 Å². The zero-order chi connectivity index (χ0) is 18.6. The summed E-state index contributed by atoms with van der Waals surface area (Å²) in [6.07, 6.45) is 4.48. The fourth-order valence-electron chi connectivity index (χ4n) is 2.88. The average Bonchev–Trinajstić information content (AvgIpc) is 3.32. The van der Waals surface area contributed by atoms with Crippen molar-refractivity contribution in [2.24, 2.45) is 0 Å². The normalized spacial score (nSPS) is 11.0. The number of nitrogens with zero attached hydrogens (tertiary/aromatic N) is 4. The molecule has 136 valence electrons. The summed E-state index contributed by atoms with van der Waals surface area (Å²) in [6.45, 7) is 4.20. The fourth-order valence-corrected chi connectivity index (χ4v) is 3.69. The Morgan fingerprint density at radius 3 is 2.78 bits per heavy atom. The number of aryl methyl sites for hydroxylation is 2. The molecular formula is C21H20N4OS. The van der Waals surface area contributed by atoms with E-state index in [1.165, 1.54) is 16.7 Å². The molecule has 0 unspecified atom stereocenters. The Morgan fingerprint density at radius 1 is 1.07 bits per heavy atom. The van der Waals surface area contributed by atoms with E-state index in [0.717, 1.165) is 10.8 Å². The average molecular weight is 376 g/mol. The van der Waals surface area contributed by atoms with Gasteiger partial charge in [0, 0.05) is 18.8 Å². The Labute approximate surface area is 162 Å². The quantitative estimate of drug-likeness (QED) is 0.454. The van der Waals surface area contributed by atoms with Crippen LogP contribution in [0.5, 0.6) is 0 Å². The molecule has 27 heavy (non-hydrogen) atoms. The summed E-state index contributed by atoms with van der Waals surface area (Å²) >= 11 is 1.59. The smallest absolute Gasteiger partial charge is 0.237 e. The molecule has 0 radical (unpaired) electrons. The molecule has 0 saturated heterocycles. The molecule has 0 N–H and O–H groups in total. The summed E-state index contributed by atoms with van der Waals surface area (Å²) in [7, 11) is 0. The van der Waals surface area contributed by atoms with E-state index < -0.39 is 0 Å². The van der Waals surface area contributed by atoms with Gasteiger partial charge in [0.15, 0.2) is 11.0 Å². The van der Waals surface area contributed by atoms with Gasteiger partial charge in [0.2, 0.25) is 5.89 Å². The number of hydrogen-bond acceptors (Lipinski definition) is 5. The summed E-state index contributed by atoms with van der Waals surface area (Å²) < 4.78 is 7.51.